The Morgan fingerprint density at radius 3 is 1.62 bits per heavy atom. The van der Waals surface area contributed by atoms with E-state index in [1.165, 1.54) is 77.0 Å². The van der Waals surface area contributed by atoms with E-state index in [0.29, 0.717) is 6.42 Å². The quantitative estimate of drug-likeness (QED) is 0.136. The molecule has 3 N–H and O–H groups in total. The molecular formula is C27H47ClN2O4. The van der Waals surface area contributed by atoms with Crippen LogP contribution in [0.5, 0.6) is 0 Å². The van der Waals surface area contributed by atoms with Gasteiger partial charge in [-0.3, -0.25) is 9.59 Å². The van der Waals surface area contributed by atoms with Crippen LogP contribution < -0.4 is 22.3 Å². The van der Waals surface area contributed by atoms with Crippen molar-refractivity contribution >= 4 is 11.7 Å². The Morgan fingerprint density at radius 1 is 0.735 bits per heavy atom. The van der Waals surface area contributed by atoms with Crippen LogP contribution in [0.15, 0.2) is 30.6 Å². The standard InChI is InChI=1S/C27H46N2O4.ClH/c1-2-3-4-5-6-7-8-9-10-11-12-13-14-15-17-20-24(30)26(27(32)33)28-25(31)23-29-21-18-16-19-22-29;/h16,18-19,21-22,26-27,32-33H,2-15,17,20,23H2,1H3;1H. The summed E-state index contributed by atoms with van der Waals surface area (Å²) in [5.41, 5.74) is 0. The molecule has 1 atom stereocenters. The van der Waals surface area contributed by atoms with Crippen LogP contribution in [-0.4, -0.2) is 34.2 Å². The zero-order chi connectivity index (χ0) is 24.2. The van der Waals surface area contributed by atoms with Gasteiger partial charge in [0.05, 0.1) is 0 Å². The Labute approximate surface area is 213 Å². The van der Waals surface area contributed by atoms with Gasteiger partial charge in [0.2, 0.25) is 6.54 Å². The number of ketones is 1. The molecule has 1 unspecified atom stereocenters. The van der Waals surface area contributed by atoms with E-state index in [9.17, 15) is 19.8 Å². The molecule has 196 valence electrons. The van der Waals surface area contributed by atoms with Gasteiger partial charge in [-0.15, -0.1) is 0 Å². The lowest BCUT2D eigenvalue weighted by atomic mass is 10.0. The average Bonchev–Trinajstić information content (AvgIpc) is 2.80. The summed E-state index contributed by atoms with van der Waals surface area (Å²) in [4.78, 5) is 24.5. The van der Waals surface area contributed by atoms with Gasteiger partial charge in [-0.1, -0.05) is 103 Å². The van der Waals surface area contributed by atoms with Crippen LogP contribution >= 0.6 is 0 Å². The number of carbonyl (C=O) groups excluding carboxylic acids is 2. The largest absolute Gasteiger partial charge is 1.00 e. The van der Waals surface area contributed by atoms with E-state index >= 15 is 0 Å². The van der Waals surface area contributed by atoms with Crippen LogP contribution in [0.3, 0.4) is 0 Å². The van der Waals surface area contributed by atoms with Gasteiger partial charge in [0.15, 0.2) is 24.5 Å². The lowest BCUT2D eigenvalue weighted by Crippen LogP contribution is -3.00. The molecule has 0 bridgehead atoms. The molecule has 0 radical (unpaired) electrons. The van der Waals surface area contributed by atoms with E-state index in [1.54, 1.807) is 29.1 Å². The Balaban J connectivity index is 0.0000109. The Kier molecular flexibility index (Phi) is 21.0. The lowest BCUT2D eigenvalue weighted by molar-refractivity contribution is -0.684. The van der Waals surface area contributed by atoms with Gasteiger partial charge in [0.25, 0.3) is 5.91 Å². The number of carbonyl (C=O) groups is 2. The SMILES string of the molecule is CCCCCCCCCCCCCCCCCC(=O)C(NC(=O)C[n+]1ccccc1)C(O)O.[Cl-]. The van der Waals surface area contributed by atoms with Crippen LogP contribution in [-0.2, 0) is 16.1 Å². The number of halogens is 1. The number of rotatable bonds is 21. The van der Waals surface area contributed by atoms with Gasteiger partial charge in [0, 0.05) is 18.6 Å². The van der Waals surface area contributed by atoms with Gasteiger partial charge in [0.1, 0.15) is 6.04 Å². The predicted molar refractivity (Wildman–Crippen MR) is 131 cm³/mol. The molecule has 1 rings (SSSR count). The minimum atomic E-state index is -1.89. The third-order valence-corrected chi connectivity index (χ3v) is 6.09. The first kappa shape index (κ1) is 32.5. The maximum absolute atomic E-state index is 12.4. The summed E-state index contributed by atoms with van der Waals surface area (Å²) in [6, 6.07) is 4.17. The highest BCUT2D eigenvalue weighted by Crippen LogP contribution is 2.14. The fourth-order valence-electron chi connectivity index (χ4n) is 4.07. The summed E-state index contributed by atoms with van der Waals surface area (Å²) in [5, 5.41) is 21.5. The Hall–Kier alpha value is -1.50. The Morgan fingerprint density at radius 2 is 1.18 bits per heavy atom. The molecule has 1 heterocycles. The first-order valence-corrected chi connectivity index (χ1v) is 13.2. The molecule has 0 fully saturated rings. The summed E-state index contributed by atoms with van der Waals surface area (Å²) < 4.78 is 1.66. The molecule has 6 nitrogen and oxygen atoms in total. The molecule has 0 aliphatic rings. The van der Waals surface area contributed by atoms with E-state index in [0.717, 1.165) is 12.8 Å². The van der Waals surface area contributed by atoms with E-state index < -0.39 is 18.2 Å². The van der Waals surface area contributed by atoms with E-state index in [1.807, 2.05) is 6.07 Å². The van der Waals surface area contributed by atoms with Crippen molar-refractivity contribution in [3.05, 3.63) is 30.6 Å². The van der Waals surface area contributed by atoms with Crippen molar-refractivity contribution in [1.82, 2.24) is 5.32 Å². The topological polar surface area (TPSA) is 90.5 Å². The number of hydrogen-bond donors (Lipinski definition) is 3. The fourth-order valence-corrected chi connectivity index (χ4v) is 4.07. The number of hydrogen-bond acceptors (Lipinski definition) is 4. The third-order valence-electron chi connectivity index (χ3n) is 6.09. The predicted octanol–water partition coefficient (Wildman–Crippen LogP) is 1.60. The van der Waals surface area contributed by atoms with Crippen molar-refractivity contribution in [2.45, 2.75) is 129 Å². The van der Waals surface area contributed by atoms with Crippen molar-refractivity contribution in [1.29, 1.82) is 0 Å². The van der Waals surface area contributed by atoms with E-state index in [2.05, 4.69) is 12.2 Å². The molecule has 0 saturated heterocycles. The second-order valence-electron chi connectivity index (χ2n) is 9.17. The zero-order valence-electron chi connectivity index (χ0n) is 21.1. The zero-order valence-corrected chi connectivity index (χ0v) is 21.9. The highest BCUT2D eigenvalue weighted by Gasteiger charge is 2.27. The van der Waals surface area contributed by atoms with Crippen molar-refractivity contribution < 1.29 is 36.8 Å². The van der Waals surface area contributed by atoms with Crippen molar-refractivity contribution in [2.24, 2.45) is 0 Å². The summed E-state index contributed by atoms with van der Waals surface area (Å²) >= 11 is 0. The lowest BCUT2D eigenvalue weighted by Gasteiger charge is -2.18. The molecule has 0 spiro atoms. The number of unbranched alkanes of at least 4 members (excludes halogenated alkanes) is 14. The first-order chi connectivity index (χ1) is 16.0. The average molecular weight is 499 g/mol. The number of pyridine rings is 1. The fraction of sp³-hybridized carbons (Fsp3) is 0.741. The van der Waals surface area contributed by atoms with Crippen LogP contribution in [0.25, 0.3) is 0 Å². The molecule has 34 heavy (non-hydrogen) atoms. The normalized spacial score (nSPS) is 11.8. The minimum Gasteiger partial charge on any atom is -1.00 e. The number of aliphatic hydroxyl groups is 2. The van der Waals surface area contributed by atoms with Crippen molar-refractivity contribution in [2.75, 3.05) is 0 Å². The third kappa shape index (κ3) is 17.0. The molecular weight excluding hydrogens is 452 g/mol. The monoisotopic (exact) mass is 498 g/mol. The second kappa shape index (κ2) is 22.0. The maximum Gasteiger partial charge on any atom is 0.286 e. The van der Waals surface area contributed by atoms with Gasteiger partial charge in [-0.2, -0.15) is 4.57 Å². The summed E-state index contributed by atoms with van der Waals surface area (Å²) in [6.07, 6.45) is 20.6. The summed E-state index contributed by atoms with van der Waals surface area (Å²) in [6.45, 7) is 2.28. The second-order valence-corrected chi connectivity index (χ2v) is 9.17. The van der Waals surface area contributed by atoms with Crippen LogP contribution in [0.1, 0.15) is 110 Å². The number of aliphatic hydroxyl groups excluding tert-OH is 1. The highest BCUT2D eigenvalue weighted by molar-refractivity contribution is 5.89. The van der Waals surface area contributed by atoms with Gasteiger partial charge in [-0.05, 0) is 6.42 Å². The molecule has 1 aromatic rings. The molecule has 1 amide bonds. The first-order valence-electron chi connectivity index (χ1n) is 13.2. The molecule has 1 aromatic heterocycles. The van der Waals surface area contributed by atoms with Crippen LogP contribution in [0.4, 0.5) is 0 Å². The summed E-state index contributed by atoms with van der Waals surface area (Å²) in [5.74, 6) is -0.750. The van der Waals surface area contributed by atoms with Crippen LogP contribution in [0, 0.1) is 0 Å². The number of nitrogens with zero attached hydrogens (tertiary/aromatic N) is 1. The van der Waals surface area contributed by atoms with Gasteiger partial charge < -0.3 is 27.9 Å². The minimum absolute atomic E-state index is 0. The molecule has 7 heteroatoms. The number of nitrogens with one attached hydrogen (secondary N) is 1. The van der Waals surface area contributed by atoms with E-state index in [-0.39, 0.29) is 31.2 Å². The van der Waals surface area contributed by atoms with Crippen molar-refractivity contribution in [3.63, 3.8) is 0 Å². The van der Waals surface area contributed by atoms with Crippen molar-refractivity contribution in [3.8, 4) is 0 Å². The highest BCUT2D eigenvalue weighted by atomic mass is 35.5. The molecule has 0 saturated carbocycles. The van der Waals surface area contributed by atoms with E-state index in [4.69, 9.17) is 0 Å². The van der Waals surface area contributed by atoms with Gasteiger partial charge in [-0.25, -0.2) is 0 Å². The number of amides is 1. The smallest absolute Gasteiger partial charge is 0.286 e. The summed E-state index contributed by atoms with van der Waals surface area (Å²) in [7, 11) is 0. The number of aromatic nitrogens is 1. The Bertz CT molecular complexity index is 628. The molecule has 0 aliphatic heterocycles. The van der Waals surface area contributed by atoms with Gasteiger partial charge >= 0.3 is 0 Å². The van der Waals surface area contributed by atoms with Crippen LogP contribution in [0.2, 0.25) is 0 Å². The number of Topliss-reactive ketones (excluding diaryl/α,β-unsaturated/α-hetero) is 1. The maximum atomic E-state index is 12.4. The molecule has 0 aromatic carbocycles. The molecule has 0 aliphatic carbocycles.